The molecule has 0 radical (unpaired) electrons. The average molecular weight is 284 g/mol. The first-order valence-corrected chi connectivity index (χ1v) is 6.50. The van der Waals surface area contributed by atoms with Crippen molar-refractivity contribution in [3.05, 3.63) is 0 Å². The lowest BCUT2D eigenvalue weighted by molar-refractivity contribution is 0.281. The maximum absolute atomic E-state index is 8.56. The molecule has 0 saturated heterocycles. The van der Waals surface area contributed by atoms with Crippen LogP contribution >= 0.6 is 22.6 Å². The molecule has 0 fully saturated rings. The number of hydrogen-bond donors (Lipinski definition) is 1. The third kappa shape index (κ3) is 8.78. The topological polar surface area (TPSA) is 20.2 Å². The van der Waals surface area contributed by atoms with Crippen LogP contribution in [-0.4, -0.2) is 16.1 Å². The summed E-state index contributed by atoms with van der Waals surface area (Å²) in [6, 6.07) is 0. The molecule has 0 saturated carbocycles. The summed E-state index contributed by atoms with van der Waals surface area (Å²) in [6.07, 6.45) is 7.56. The Morgan fingerprint density at radius 1 is 1.08 bits per heavy atom. The van der Waals surface area contributed by atoms with Crippen LogP contribution in [0.4, 0.5) is 0 Å². The highest BCUT2D eigenvalue weighted by atomic mass is 127. The SMILES string of the molecule is C[C@@H](CCI)CCCCCCO. The van der Waals surface area contributed by atoms with Crippen molar-refractivity contribution in [2.24, 2.45) is 5.92 Å². The molecule has 0 aliphatic rings. The Hall–Kier alpha value is 0.690. The summed E-state index contributed by atoms with van der Waals surface area (Å²) < 4.78 is 1.29. The molecule has 1 nitrogen and oxygen atoms in total. The summed E-state index contributed by atoms with van der Waals surface area (Å²) >= 11 is 2.44. The minimum atomic E-state index is 0.364. The van der Waals surface area contributed by atoms with Gasteiger partial charge in [0, 0.05) is 6.61 Å². The van der Waals surface area contributed by atoms with Crippen LogP contribution < -0.4 is 0 Å². The molecule has 0 aliphatic carbocycles. The third-order valence-corrected chi connectivity index (χ3v) is 2.83. The van der Waals surface area contributed by atoms with Crippen molar-refractivity contribution >= 4 is 22.6 Å². The quantitative estimate of drug-likeness (QED) is 0.411. The zero-order chi connectivity index (χ0) is 9.23. The van der Waals surface area contributed by atoms with Crippen LogP contribution in [0.25, 0.3) is 0 Å². The van der Waals surface area contributed by atoms with Crippen LogP contribution in [0.1, 0.15) is 45.4 Å². The fourth-order valence-corrected chi connectivity index (χ4v) is 2.35. The smallest absolute Gasteiger partial charge is 0.0431 e. The van der Waals surface area contributed by atoms with E-state index >= 15 is 0 Å². The molecule has 0 heterocycles. The standard InChI is InChI=1S/C10H21IO/c1-10(7-8-11)6-4-2-3-5-9-12/h10,12H,2-9H2,1H3/t10-/m1/s1. The monoisotopic (exact) mass is 284 g/mol. The Morgan fingerprint density at radius 2 is 1.75 bits per heavy atom. The van der Waals surface area contributed by atoms with E-state index in [4.69, 9.17) is 5.11 Å². The molecule has 0 aromatic carbocycles. The van der Waals surface area contributed by atoms with Gasteiger partial charge in [-0.25, -0.2) is 0 Å². The highest BCUT2D eigenvalue weighted by Gasteiger charge is 1.99. The lowest BCUT2D eigenvalue weighted by Crippen LogP contribution is -1.95. The second-order valence-corrected chi connectivity index (χ2v) is 4.59. The molecule has 0 aliphatic heterocycles. The molecule has 2 heteroatoms. The van der Waals surface area contributed by atoms with Crippen molar-refractivity contribution in [2.45, 2.75) is 45.4 Å². The first kappa shape index (κ1) is 12.7. The van der Waals surface area contributed by atoms with E-state index in [1.807, 2.05) is 0 Å². The summed E-state index contributed by atoms with van der Waals surface area (Å²) in [7, 11) is 0. The van der Waals surface area contributed by atoms with Gasteiger partial charge in [0.25, 0.3) is 0 Å². The first-order chi connectivity index (χ1) is 5.81. The predicted octanol–water partition coefficient (Wildman–Crippen LogP) is 3.39. The number of rotatable bonds is 8. The molecule has 0 unspecified atom stereocenters. The Balaban J connectivity index is 2.97. The summed E-state index contributed by atoms with van der Waals surface area (Å²) in [6.45, 7) is 2.70. The largest absolute Gasteiger partial charge is 0.396 e. The van der Waals surface area contributed by atoms with Crippen LogP contribution in [0, 0.1) is 5.92 Å². The Kier molecular flexibility index (Phi) is 10.3. The number of hydrogen-bond acceptors (Lipinski definition) is 1. The highest BCUT2D eigenvalue weighted by Crippen LogP contribution is 2.14. The van der Waals surface area contributed by atoms with E-state index in [9.17, 15) is 0 Å². The fraction of sp³-hybridized carbons (Fsp3) is 1.00. The molecule has 0 spiro atoms. The van der Waals surface area contributed by atoms with Crippen molar-refractivity contribution < 1.29 is 5.11 Å². The predicted molar refractivity (Wildman–Crippen MR) is 62.8 cm³/mol. The fourth-order valence-electron chi connectivity index (χ4n) is 1.29. The summed E-state index contributed by atoms with van der Waals surface area (Å²) in [4.78, 5) is 0. The minimum Gasteiger partial charge on any atom is -0.396 e. The van der Waals surface area contributed by atoms with E-state index in [1.165, 1.54) is 36.5 Å². The summed E-state index contributed by atoms with van der Waals surface area (Å²) in [5.74, 6) is 0.899. The van der Waals surface area contributed by atoms with Gasteiger partial charge >= 0.3 is 0 Å². The van der Waals surface area contributed by atoms with E-state index < -0.39 is 0 Å². The molecule has 1 N–H and O–H groups in total. The highest BCUT2D eigenvalue weighted by molar-refractivity contribution is 14.1. The normalized spacial score (nSPS) is 13.2. The molecule has 0 rings (SSSR count). The Morgan fingerprint density at radius 3 is 2.33 bits per heavy atom. The van der Waals surface area contributed by atoms with Gasteiger partial charge in [-0.3, -0.25) is 0 Å². The minimum absolute atomic E-state index is 0.364. The number of aliphatic hydroxyl groups is 1. The van der Waals surface area contributed by atoms with E-state index in [-0.39, 0.29) is 0 Å². The third-order valence-electron chi connectivity index (χ3n) is 2.21. The lowest BCUT2D eigenvalue weighted by atomic mass is 10.0. The van der Waals surface area contributed by atoms with Crippen LogP contribution in [0.2, 0.25) is 0 Å². The van der Waals surface area contributed by atoms with Gasteiger partial charge < -0.3 is 5.11 Å². The van der Waals surface area contributed by atoms with Crippen LogP contribution in [0.3, 0.4) is 0 Å². The van der Waals surface area contributed by atoms with E-state index in [2.05, 4.69) is 29.5 Å². The number of aliphatic hydroxyl groups excluding tert-OH is 1. The van der Waals surface area contributed by atoms with Crippen molar-refractivity contribution in [3.8, 4) is 0 Å². The molecular weight excluding hydrogens is 263 g/mol. The second kappa shape index (κ2) is 9.78. The van der Waals surface area contributed by atoms with Gasteiger partial charge in [-0.05, 0) is 23.2 Å². The molecule has 0 amide bonds. The number of unbranched alkanes of at least 4 members (excludes halogenated alkanes) is 3. The lowest BCUT2D eigenvalue weighted by Gasteiger charge is -2.08. The molecule has 1 atom stereocenters. The van der Waals surface area contributed by atoms with Gasteiger partial charge in [-0.15, -0.1) is 0 Å². The summed E-state index contributed by atoms with van der Waals surface area (Å²) in [5, 5.41) is 8.56. The van der Waals surface area contributed by atoms with Crippen molar-refractivity contribution in [2.75, 3.05) is 11.0 Å². The molecule has 0 bridgehead atoms. The van der Waals surface area contributed by atoms with Gasteiger partial charge in [-0.1, -0.05) is 55.2 Å². The maximum atomic E-state index is 8.56. The second-order valence-electron chi connectivity index (χ2n) is 3.51. The van der Waals surface area contributed by atoms with Crippen molar-refractivity contribution in [1.82, 2.24) is 0 Å². The van der Waals surface area contributed by atoms with Gasteiger partial charge in [0.05, 0.1) is 0 Å². The van der Waals surface area contributed by atoms with Gasteiger partial charge in [0.15, 0.2) is 0 Å². The zero-order valence-corrected chi connectivity index (χ0v) is 10.2. The van der Waals surface area contributed by atoms with Crippen LogP contribution in [0.5, 0.6) is 0 Å². The molecule has 0 aromatic rings. The van der Waals surface area contributed by atoms with E-state index in [1.54, 1.807) is 0 Å². The number of alkyl halides is 1. The Labute approximate surface area is 90.1 Å². The molecular formula is C10H21IO. The Bertz CT molecular complexity index is 85.9. The first-order valence-electron chi connectivity index (χ1n) is 4.98. The molecule has 74 valence electrons. The average Bonchev–Trinajstić information content (AvgIpc) is 2.05. The summed E-state index contributed by atoms with van der Waals surface area (Å²) in [5.41, 5.74) is 0. The van der Waals surface area contributed by atoms with Gasteiger partial charge in [0.1, 0.15) is 0 Å². The van der Waals surface area contributed by atoms with Crippen LogP contribution in [0.15, 0.2) is 0 Å². The van der Waals surface area contributed by atoms with Gasteiger partial charge in [0.2, 0.25) is 0 Å². The molecule has 0 aromatic heterocycles. The van der Waals surface area contributed by atoms with Gasteiger partial charge in [-0.2, -0.15) is 0 Å². The number of halogens is 1. The zero-order valence-electron chi connectivity index (χ0n) is 8.06. The maximum Gasteiger partial charge on any atom is 0.0431 e. The van der Waals surface area contributed by atoms with Crippen LogP contribution in [-0.2, 0) is 0 Å². The van der Waals surface area contributed by atoms with Crippen molar-refractivity contribution in [3.63, 3.8) is 0 Å². The van der Waals surface area contributed by atoms with Crippen molar-refractivity contribution in [1.29, 1.82) is 0 Å². The van der Waals surface area contributed by atoms with E-state index in [0.717, 1.165) is 12.3 Å². The van der Waals surface area contributed by atoms with E-state index in [0.29, 0.717) is 6.61 Å². The molecule has 12 heavy (non-hydrogen) atoms.